The summed E-state index contributed by atoms with van der Waals surface area (Å²) in [6.45, 7) is 2.41. The minimum absolute atomic E-state index is 0.0736. The summed E-state index contributed by atoms with van der Waals surface area (Å²) in [7, 11) is 3.49. The van der Waals surface area contributed by atoms with Crippen LogP contribution in [0.3, 0.4) is 0 Å². The fraction of sp³-hybridized carbons (Fsp3) is 0.333. The molecule has 0 atom stereocenters. The van der Waals surface area contributed by atoms with Crippen molar-refractivity contribution < 1.29 is 4.79 Å². The summed E-state index contributed by atoms with van der Waals surface area (Å²) < 4.78 is 6.81. The minimum atomic E-state index is -0.150. The number of benzene rings is 2. The molecule has 5 aromatic rings. The zero-order valence-electron chi connectivity index (χ0n) is 22.7. The molecule has 0 bridgehead atoms. The monoisotopic (exact) mass is 558 g/mol. The number of nitrogens with zero attached hydrogens (tertiary/aromatic N) is 5. The van der Waals surface area contributed by atoms with Gasteiger partial charge in [-0.15, -0.1) is 0 Å². The predicted molar refractivity (Wildman–Crippen MR) is 156 cm³/mol. The number of rotatable bonds is 5. The van der Waals surface area contributed by atoms with Crippen LogP contribution in [-0.2, 0) is 20.6 Å². The number of hydrogen-bond donors (Lipinski definition) is 1. The molecule has 1 fully saturated rings. The Labute approximate surface area is 235 Å². The Kier molecular flexibility index (Phi) is 6.62. The van der Waals surface area contributed by atoms with Gasteiger partial charge in [-0.2, -0.15) is 0 Å². The van der Waals surface area contributed by atoms with Crippen LogP contribution < -0.4 is 16.7 Å². The van der Waals surface area contributed by atoms with Crippen molar-refractivity contribution >= 4 is 39.6 Å². The van der Waals surface area contributed by atoms with Gasteiger partial charge in [-0.05, 0) is 74.9 Å². The minimum Gasteiger partial charge on any atom is -0.349 e. The van der Waals surface area contributed by atoms with Gasteiger partial charge in [-0.1, -0.05) is 23.7 Å². The van der Waals surface area contributed by atoms with Crippen LogP contribution in [0, 0.1) is 12.8 Å². The molecule has 6 rings (SSSR count). The van der Waals surface area contributed by atoms with Crippen molar-refractivity contribution in [2.24, 2.45) is 20.0 Å². The van der Waals surface area contributed by atoms with E-state index in [0.717, 1.165) is 53.4 Å². The highest BCUT2D eigenvalue weighted by Gasteiger charge is 2.26. The number of aryl methyl sites for hydroxylation is 3. The molecule has 3 heterocycles. The van der Waals surface area contributed by atoms with Crippen molar-refractivity contribution in [3.63, 3.8) is 0 Å². The largest absolute Gasteiger partial charge is 0.349 e. The third-order valence-corrected chi connectivity index (χ3v) is 8.48. The SMILES string of the molecule is Cc1ncc(Cl)cc1C(=O)NC1CCC(Cn2c(=O)n(-c3ccc4c(c3)n(C)c(=O)n4C)c3ccccc32)CC1. The maximum atomic E-state index is 13.9. The van der Waals surface area contributed by atoms with Crippen molar-refractivity contribution in [2.75, 3.05) is 0 Å². The Balaban J connectivity index is 1.23. The number of hydrogen-bond acceptors (Lipinski definition) is 4. The number of amides is 1. The second-order valence-corrected chi connectivity index (χ2v) is 11.2. The molecule has 0 radical (unpaired) electrons. The van der Waals surface area contributed by atoms with E-state index in [0.29, 0.717) is 28.7 Å². The Hall–Kier alpha value is -4.11. The Morgan fingerprint density at radius 3 is 2.38 bits per heavy atom. The molecule has 9 nitrogen and oxygen atoms in total. The van der Waals surface area contributed by atoms with Crippen LogP contribution in [0.2, 0.25) is 5.02 Å². The predicted octanol–water partition coefficient (Wildman–Crippen LogP) is 4.33. The summed E-state index contributed by atoms with van der Waals surface area (Å²) in [5, 5.41) is 3.58. The molecule has 40 heavy (non-hydrogen) atoms. The summed E-state index contributed by atoms with van der Waals surface area (Å²) in [6, 6.07) is 15.2. The van der Waals surface area contributed by atoms with Gasteiger partial charge in [0.2, 0.25) is 0 Å². The Morgan fingerprint density at radius 1 is 0.925 bits per heavy atom. The van der Waals surface area contributed by atoms with E-state index in [2.05, 4.69) is 10.3 Å². The molecule has 2 aromatic carbocycles. The van der Waals surface area contributed by atoms with Gasteiger partial charge in [0, 0.05) is 32.9 Å². The van der Waals surface area contributed by atoms with Crippen LogP contribution >= 0.6 is 11.6 Å². The molecule has 0 aliphatic heterocycles. The van der Waals surface area contributed by atoms with Crippen LogP contribution in [0.4, 0.5) is 0 Å². The van der Waals surface area contributed by atoms with Crippen molar-refractivity contribution in [1.82, 2.24) is 28.6 Å². The quantitative estimate of drug-likeness (QED) is 0.347. The first-order valence-corrected chi connectivity index (χ1v) is 13.9. The summed E-state index contributed by atoms with van der Waals surface area (Å²) in [4.78, 5) is 43.3. The van der Waals surface area contributed by atoms with Gasteiger partial charge in [0.25, 0.3) is 5.91 Å². The van der Waals surface area contributed by atoms with E-state index in [4.69, 9.17) is 11.6 Å². The molecule has 3 aromatic heterocycles. The standard InChI is InChI=1S/C30H31ClN6O3/c1-18-23(14-20(31)16-32-18)28(38)33-21-10-8-19(9-11-21)17-36-25-6-4-5-7-26(25)37(30(36)40)22-12-13-24-27(15-22)35(3)29(39)34(24)2/h4-7,12-16,19,21H,8-11,17H2,1-3H3,(H,33,38). The molecule has 0 spiro atoms. The molecular weight excluding hydrogens is 528 g/mol. The van der Waals surface area contributed by atoms with Gasteiger partial charge >= 0.3 is 11.4 Å². The van der Waals surface area contributed by atoms with Gasteiger partial charge in [-0.25, -0.2) is 9.59 Å². The molecular formula is C30H31ClN6O3. The maximum Gasteiger partial charge on any atom is 0.333 e. The molecule has 0 saturated heterocycles. The van der Waals surface area contributed by atoms with Crippen LogP contribution in [0.1, 0.15) is 41.7 Å². The van der Waals surface area contributed by atoms with E-state index < -0.39 is 0 Å². The summed E-state index contributed by atoms with van der Waals surface area (Å²) in [5.74, 6) is 0.167. The highest BCUT2D eigenvalue weighted by Crippen LogP contribution is 2.28. The summed E-state index contributed by atoms with van der Waals surface area (Å²) in [6.07, 6.45) is 5.04. The number of nitrogens with one attached hydrogen (secondary N) is 1. The number of pyridine rings is 1. The number of carbonyl (C=O) groups excluding carboxylic acids is 1. The van der Waals surface area contributed by atoms with Crippen molar-refractivity contribution in [2.45, 2.75) is 45.2 Å². The Bertz CT molecular complexity index is 1890. The van der Waals surface area contributed by atoms with E-state index in [1.54, 1.807) is 47.0 Å². The number of fused-ring (bicyclic) bond motifs is 2. The molecule has 1 aliphatic carbocycles. The average molecular weight is 559 g/mol. The molecule has 206 valence electrons. The van der Waals surface area contributed by atoms with Gasteiger partial charge < -0.3 is 5.32 Å². The van der Waals surface area contributed by atoms with E-state index in [1.807, 2.05) is 47.0 Å². The normalized spacial score (nSPS) is 17.5. The van der Waals surface area contributed by atoms with E-state index in [1.165, 1.54) is 0 Å². The van der Waals surface area contributed by atoms with Crippen molar-refractivity contribution in [3.05, 3.63) is 92.0 Å². The van der Waals surface area contributed by atoms with Crippen molar-refractivity contribution in [1.29, 1.82) is 0 Å². The van der Waals surface area contributed by atoms with Crippen LogP contribution in [0.15, 0.2) is 64.3 Å². The van der Waals surface area contributed by atoms with Crippen LogP contribution in [-0.4, -0.2) is 35.2 Å². The van der Waals surface area contributed by atoms with E-state index in [9.17, 15) is 14.4 Å². The number of imidazole rings is 2. The third kappa shape index (κ3) is 4.44. The second-order valence-electron chi connectivity index (χ2n) is 10.8. The summed E-state index contributed by atoms with van der Waals surface area (Å²) >= 11 is 6.05. The van der Waals surface area contributed by atoms with E-state index in [-0.39, 0.29) is 23.3 Å². The highest BCUT2D eigenvalue weighted by atomic mass is 35.5. The first-order valence-electron chi connectivity index (χ1n) is 13.5. The first kappa shape index (κ1) is 26.1. The molecule has 1 N–H and O–H groups in total. The van der Waals surface area contributed by atoms with Crippen molar-refractivity contribution in [3.8, 4) is 5.69 Å². The fourth-order valence-corrected chi connectivity index (χ4v) is 6.17. The second kappa shape index (κ2) is 10.1. The summed E-state index contributed by atoms with van der Waals surface area (Å²) in [5.41, 5.74) is 4.99. The van der Waals surface area contributed by atoms with Gasteiger partial charge in [0.15, 0.2) is 0 Å². The lowest BCUT2D eigenvalue weighted by molar-refractivity contribution is 0.0919. The number of carbonyl (C=O) groups is 1. The topological polar surface area (TPSA) is 95.8 Å². The highest BCUT2D eigenvalue weighted by molar-refractivity contribution is 6.30. The lowest BCUT2D eigenvalue weighted by atomic mass is 9.85. The van der Waals surface area contributed by atoms with Crippen LogP contribution in [0.5, 0.6) is 0 Å². The number of para-hydroxylation sites is 2. The molecule has 1 aliphatic rings. The zero-order chi connectivity index (χ0) is 28.1. The molecule has 0 unspecified atom stereocenters. The third-order valence-electron chi connectivity index (χ3n) is 8.27. The zero-order valence-corrected chi connectivity index (χ0v) is 23.5. The molecule has 1 saturated carbocycles. The number of aromatic nitrogens is 5. The maximum absolute atomic E-state index is 13.9. The van der Waals surface area contributed by atoms with Gasteiger partial charge in [0.05, 0.1) is 44.0 Å². The van der Waals surface area contributed by atoms with E-state index >= 15 is 0 Å². The molecule has 1 amide bonds. The lowest BCUT2D eigenvalue weighted by Gasteiger charge is -2.29. The number of halogens is 1. The van der Waals surface area contributed by atoms with Crippen LogP contribution in [0.25, 0.3) is 27.8 Å². The smallest absolute Gasteiger partial charge is 0.333 e. The van der Waals surface area contributed by atoms with Gasteiger partial charge in [-0.3, -0.25) is 28.0 Å². The fourth-order valence-electron chi connectivity index (χ4n) is 6.02. The Morgan fingerprint density at radius 2 is 1.62 bits per heavy atom. The average Bonchev–Trinajstić information content (AvgIpc) is 3.35. The first-order chi connectivity index (χ1) is 19.2. The van der Waals surface area contributed by atoms with Gasteiger partial charge in [0.1, 0.15) is 0 Å². The lowest BCUT2D eigenvalue weighted by Crippen LogP contribution is -2.39. The molecule has 10 heteroatoms.